The third-order valence-corrected chi connectivity index (χ3v) is 5.51. The summed E-state index contributed by atoms with van der Waals surface area (Å²) in [5.41, 5.74) is 6.29. The summed E-state index contributed by atoms with van der Waals surface area (Å²) in [5, 5.41) is 12.2. The van der Waals surface area contributed by atoms with Crippen molar-refractivity contribution in [2.24, 2.45) is 11.1 Å². The number of carbonyl (C=O) groups excluding carboxylic acids is 1. The Bertz CT molecular complexity index is 850. The Morgan fingerprint density at radius 3 is 2.71 bits per heavy atom. The SMILES string of the molecule is CC(C)(C)[C@H](N)C(=O)N1C[C@H](Oc2ccnc(-c3nccs3)c2)C[C@H]1C(=O)O. The van der Waals surface area contributed by atoms with Crippen LogP contribution in [0.5, 0.6) is 5.75 Å². The van der Waals surface area contributed by atoms with E-state index in [1.165, 1.54) is 16.2 Å². The van der Waals surface area contributed by atoms with Crippen LogP contribution in [0.3, 0.4) is 0 Å². The lowest BCUT2D eigenvalue weighted by Crippen LogP contribution is -2.53. The van der Waals surface area contributed by atoms with Gasteiger partial charge >= 0.3 is 5.97 Å². The third kappa shape index (κ3) is 4.31. The van der Waals surface area contributed by atoms with Gasteiger partial charge in [0.25, 0.3) is 0 Å². The summed E-state index contributed by atoms with van der Waals surface area (Å²) in [5.74, 6) is -0.869. The van der Waals surface area contributed by atoms with Gasteiger partial charge in [-0.25, -0.2) is 9.78 Å². The van der Waals surface area contributed by atoms with Crippen LogP contribution in [-0.4, -0.2) is 56.6 Å². The standard InChI is InChI=1S/C19H24N4O4S/c1-19(2,3)15(20)17(24)23-10-12(9-14(23)18(25)26)27-11-4-5-21-13(8-11)16-22-6-7-28-16/h4-8,12,14-15H,9-10,20H2,1-3H3,(H,25,26)/t12-,14+,15-/m1/s1. The first kappa shape index (κ1) is 20.2. The van der Waals surface area contributed by atoms with Crippen LogP contribution in [0.25, 0.3) is 10.7 Å². The number of carboxylic acids is 1. The predicted molar refractivity (Wildman–Crippen MR) is 105 cm³/mol. The van der Waals surface area contributed by atoms with Gasteiger partial charge in [0.2, 0.25) is 5.91 Å². The maximum atomic E-state index is 12.8. The van der Waals surface area contributed by atoms with Gasteiger partial charge in [-0.1, -0.05) is 20.8 Å². The monoisotopic (exact) mass is 404 g/mol. The molecule has 0 spiro atoms. The Hall–Kier alpha value is -2.52. The molecule has 0 radical (unpaired) electrons. The maximum absolute atomic E-state index is 12.8. The minimum atomic E-state index is -1.06. The number of likely N-dealkylation sites (tertiary alicyclic amines) is 1. The van der Waals surface area contributed by atoms with Crippen molar-refractivity contribution in [2.45, 2.75) is 45.4 Å². The average molecular weight is 404 g/mol. The van der Waals surface area contributed by atoms with E-state index in [0.717, 1.165) is 5.01 Å². The number of rotatable bonds is 5. The highest BCUT2D eigenvalue weighted by Gasteiger charge is 2.44. The number of aliphatic carboxylic acids is 1. The van der Waals surface area contributed by atoms with Crippen LogP contribution < -0.4 is 10.5 Å². The van der Waals surface area contributed by atoms with Gasteiger partial charge < -0.3 is 20.5 Å². The number of aromatic nitrogens is 2. The van der Waals surface area contributed by atoms with Gasteiger partial charge in [0, 0.05) is 30.3 Å². The smallest absolute Gasteiger partial charge is 0.326 e. The van der Waals surface area contributed by atoms with Gasteiger partial charge in [-0.3, -0.25) is 9.78 Å². The molecule has 2 aromatic heterocycles. The highest BCUT2D eigenvalue weighted by Crippen LogP contribution is 2.29. The molecule has 2 aromatic rings. The van der Waals surface area contributed by atoms with Crippen LogP contribution in [0, 0.1) is 5.41 Å². The fraction of sp³-hybridized carbons (Fsp3) is 0.474. The summed E-state index contributed by atoms with van der Waals surface area (Å²) in [6.45, 7) is 5.74. The quantitative estimate of drug-likeness (QED) is 0.782. The van der Waals surface area contributed by atoms with Crippen LogP contribution in [-0.2, 0) is 9.59 Å². The first-order valence-corrected chi connectivity index (χ1v) is 9.86. The van der Waals surface area contributed by atoms with Crippen LogP contribution in [0.4, 0.5) is 0 Å². The van der Waals surface area contributed by atoms with E-state index < -0.39 is 29.6 Å². The van der Waals surface area contributed by atoms with E-state index in [9.17, 15) is 14.7 Å². The van der Waals surface area contributed by atoms with Gasteiger partial charge in [-0.2, -0.15) is 0 Å². The number of hydrogen-bond acceptors (Lipinski definition) is 7. The zero-order valence-corrected chi connectivity index (χ0v) is 16.8. The number of pyridine rings is 1. The molecule has 9 heteroatoms. The summed E-state index contributed by atoms with van der Waals surface area (Å²) in [7, 11) is 0. The fourth-order valence-electron chi connectivity index (χ4n) is 3.05. The van der Waals surface area contributed by atoms with Crippen LogP contribution in [0.1, 0.15) is 27.2 Å². The number of amides is 1. The van der Waals surface area contributed by atoms with Crippen molar-refractivity contribution in [1.82, 2.24) is 14.9 Å². The summed E-state index contributed by atoms with van der Waals surface area (Å²) in [6, 6.07) is 1.73. The van der Waals surface area contributed by atoms with E-state index >= 15 is 0 Å². The summed E-state index contributed by atoms with van der Waals surface area (Å²) < 4.78 is 5.98. The molecular formula is C19H24N4O4S. The Labute approximate surface area is 167 Å². The number of ether oxygens (including phenoxy) is 1. The van der Waals surface area contributed by atoms with Crippen molar-refractivity contribution in [3.63, 3.8) is 0 Å². The largest absolute Gasteiger partial charge is 0.488 e. The number of thiazole rings is 1. The molecule has 1 aliphatic heterocycles. The second-order valence-electron chi connectivity index (χ2n) is 7.88. The lowest BCUT2D eigenvalue weighted by molar-refractivity contribution is -0.149. The first-order valence-electron chi connectivity index (χ1n) is 8.98. The molecule has 8 nitrogen and oxygen atoms in total. The minimum Gasteiger partial charge on any atom is -0.488 e. The zero-order valence-electron chi connectivity index (χ0n) is 16.0. The zero-order chi connectivity index (χ0) is 20.5. The van der Waals surface area contributed by atoms with Gasteiger partial charge in [-0.05, 0) is 11.5 Å². The Morgan fingerprint density at radius 1 is 1.36 bits per heavy atom. The molecular weight excluding hydrogens is 380 g/mol. The summed E-state index contributed by atoms with van der Waals surface area (Å²) in [6.07, 6.45) is 3.08. The van der Waals surface area contributed by atoms with Crippen molar-refractivity contribution >= 4 is 23.2 Å². The molecule has 1 amide bonds. The molecule has 150 valence electrons. The molecule has 3 rings (SSSR count). The highest BCUT2D eigenvalue weighted by atomic mass is 32.1. The van der Waals surface area contributed by atoms with Crippen molar-refractivity contribution in [3.8, 4) is 16.5 Å². The van der Waals surface area contributed by atoms with Gasteiger partial charge in [0.1, 0.15) is 28.6 Å². The predicted octanol–water partition coefficient (Wildman–Crippen LogP) is 2.01. The molecule has 0 aliphatic carbocycles. The number of carbonyl (C=O) groups is 2. The van der Waals surface area contributed by atoms with E-state index in [1.807, 2.05) is 26.2 Å². The average Bonchev–Trinajstić information content (AvgIpc) is 3.30. The highest BCUT2D eigenvalue weighted by molar-refractivity contribution is 7.13. The number of nitrogens with two attached hydrogens (primary N) is 1. The van der Waals surface area contributed by atoms with E-state index in [1.54, 1.807) is 24.5 Å². The molecule has 3 atom stereocenters. The van der Waals surface area contributed by atoms with Gasteiger partial charge in [0.15, 0.2) is 0 Å². The van der Waals surface area contributed by atoms with Gasteiger partial charge in [0.05, 0.1) is 12.6 Å². The molecule has 28 heavy (non-hydrogen) atoms. The molecule has 3 heterocycles. The number of carboxylic acid groups (broad SMARTS) is 1. The Balaban J connectivity index is 1.75. The maximum Gasteiger partial charge on any atom is 0.326 e. The van der Waals surface area contributed by atoms with E-state index in [4.69, 9.17) is 10.5 Å². The molecule has 3 N–H and O–H groups in total. The number of hydrogen-bond donors (Lipinski definition) is 2. The van der Waals surface area contributed by atoms with Gasteiger partial charge in [-0.15, -0.1) is 11.3 Å². The van der Waals surface area contributed by atoms with Crippen molar-refractivity contribution in [3.05, 3.63) is 29.9 Å². The second kappa shape index (κ2) is 7.84. The van der Waals surface area contributed by atoms with Crippen LogP contribution in [0.15, 0.2) is 29.9 Å². The van der Waals surface area contributed by atoms with E-state index in [-0.39, 0.29) is 18.9 Å². The van der Waals surface area contributed by atoms with Crippen molar-refractivity contribution < 1.29 is 19.4 Å². The van der Waals surface area contributed by atoms with Crippen LogP contribution in [0.2, 0.25) is 0 Å². The molecule has 0 bridgehead atoms. The molecule has 0 unspecified atom stereocenters. The normalized spacial score (nSPS) is 20.8. The Kier molecular flexibility index (Phi) is 5.66. The topological polar surface area (TPSA) is 119 Å². The molecule has 1 saturated heterocycles. The van der Waals surface area contributed by atoms with Crippen molar-refractivity contribution in [2.75, 3.05) is 6.54 Å². The lowest BCUT2D eigenvalue weighted by Gasteiger charge is -2.31. The molecule has 0 aromatic carbocycles. The number of nitrogens with zero attached hydrogens (tertiary/aromatic N) is 3. The van der Waals surface area contributed by atoms with E-state index in [2.05, 4.69) is 9.97 Å². The summed E-state index contributed by atoms with van der Waals surface area (Å²) >= 11 is 1.47. The second-order valence-corrected chi connectivity index (χ2v) is 8.77. The molecule has 1 aliphatic rings. The van der Waals surface area contributed by atoms with Crippen molar-refractivity contribution in [1.29, 1.82) is 0 Å². The third-order valence-electron chi connectivity index (χ3n) is 4.72. The minimum absolute atomic E-state index is 0.175. The fourth-order valence-corrected chi connectivity index (χ4v) is 3.66. The summed E-state index contributed by atoms with van der Waals surface area (Å²) in [4.78, 5) is 34.3. The molecule has 1 fully saturated rings. The van der Waals surface area contributed by atoms with Crippen LogP contribution >= 0.6 is 11.3 Å². The molecule has 0 saturated carbocycles. The first-order chi connectivity index (χ1) is 13.2. The Morgan fingerprint density at radius 2 is 2.11 bits per heavy atom. The lowest BCUT2D eigenvalue weighted by atomic mass is 9.86. The van der Waals surface area contributed by atoms with E-state index in [0.29, 0.717) is 11.4 Å².